The molecule has 2 aromatic heterocycles. The maximum atomic E-state index is 13.2. The number of hydrogen-bond donors (Lipinski definition) is 1. The fourth-order valence-electron chi connectivity index (χ4n) is 4.64. The second kappa shape index (κ2) is 14.0. The lowest BCUT2D eigenvalue weighted by Gasteiger charge is -2.14. The summed E-state index contributed by atoms with van der Waals surface area (Å²) in [6, 6.07) is 26.0. The van der Waals surface area contributed by atoms with Gasteiger partial charge < -0.3 is 9.30 Å². The number of aryl methyl sites for hydroxylation is 1. The highest BCUT2D eigenvalue weighted by Gasteiger charge is 2.24. The number of nitrogens with one attached hydrogen (secondary N) is 1. The summed E-state index contributed by atoms with van der Waals surface area (Å²) in [4.78, 5) is 30.3. The molecular weight excluding hydrogens is 618 g/mol. The molecule has 0 aliphatic rings. The predicted molar refractivity (Wildman–Crippen MR) is 171 cm³/mol. The monoisotopic (exact) mass is 647 g/mol. The van der Waals surface area contributed by atoms with Gasteiger partial charge in [-0.05, 0) is 53.3 Å². The van der Waals surface area contributed by atoms with E-state index in [4.69, 9.17) is 16.3 Å². The molecule has 44 heavy (non-hydrogen) atoms. The van der Waals surface area contributed by atoms with Gasteiger partial charge in [-0.15, -0.1) is 11.3 Å². The molecule has 1 amide bonds. The van der Waals surface area contributed by atoms with Crippen LogP contribution in [0.2, 0.25) is 5.15 Å². The van der Waals surface area contributed by atoms with E-state index in [1.807, 2.05) is 34.9 Å². The fraction of sp³-hybridized carbons (Fsp3) is 0.182. The Labute approximate surface area is 265 Å². The normalized spacial score (nSPS) is 11.3. The van der Waals surface area contributed by atoms with Crippen LogP contribution in [0.5, 0.6) is 0 Å². The number of sulfonamides is 1. The summed E-state index contributed by atoms with van der Waals surface area (Å²) in [6.07, 6.45) is 2.62. The summed E-state index contributed by atoms with van der Waals surface area (Å²) in [6.45, 7) is 2.50. The van der Waals surface area contributed by atoms with E-state index in [0.29, 0.717) is 39.8 Å². The van der Waals surface area contributed by atoms with E-state index in [-0.39, 0.29) is 17.1 Å². The first-order chi connectivity index (χ1) is 21.3. The Morgan fingerprint density at radius 1 is 0.932 bits per heavy atom. The lowest BCUT2D eigenvalue weighted by molar-refractivity contribution is 0.0463. The van der Waals surface area contributed by atoms with Crippen molar-refractivity contribution in [2.24, 2.45) is 0 Å². The smallest absolute Gasteiger partial charge is 0.338 e. The summed E-state index contributed by atoms with van der Waals surface area (Å²) in [5.74, 6) is -0.343. The van der Waals surface area contributed by atoms with Crippen LogP contribution >= 0.6 is 22.9 Å². The predicted octanol–water partition coefficient (Wildman–Crippen LogP) is 7.13. The van der Waals surface area contributed by atoms with E-state index in [1.165, 1.54) is 17.4 Å². The highest BCUT2D eigenvalue weighted by molar-refractivity contribution is 7.90. The number of benzene rings is 3. The third-order valence-electron chi connectivity index (χ3n) is 6.94. The molecule has 0 aliphatic heterocycles. The molecular formula is C33H30ClN3O5S2. The van der Waals surface area contributed by atoms with Crippen LogP contribution in [0.3, 0.4) is 0 Å². The largest absolute Gasteiger partial charge is 0.456 e. The van der Waals surface area contributed by atoms with Gasteiger partial charge in [0, 0.05) is 18.5 Å². The van der Waals surface area contributed by atoms with Gasteiger partial charge in [0.25, 0.3) is 15.9 Å². The van der Waals surface area contributed by atoms with Crippen molar-refractivity contribution in [2.45, 2.75) is 44.2 Å². The highest BCUT2D eigenvalue weighted by atomic mass is 35.5. The molecule has 0 spiro atoms. The van der Waals surface area contributed by atoms with Gasteiger partial charge in [-0.1, -0.05) is 85.6 Å². The number of imidazole rings is 1. The van der Waals surface area contributed by atoms with Crippen LogP contribution in [0.4, 0.5) is 0 Å². The Morgan fingerprint density at radius 2 is 1.59 bits per heavy atom. The summed E-state index contributed by atoms with van der Waals surface area (Å²) in [7, 11) is -4.11. The standard InChI is InChI=1S/C33H30ClN3O5S2/c1-2-3-14-29-35-31(34)27(22-42-33(39)26-12-8-5-9-13-26)37(29)21-23-15-17-24(18-16-23)30-28(19-20-43-30)44(40,41)36-32(38)25-10-6-4-7-11-25/h4-13,15-20H,2-3,14,21-22H2,1H3,(H,36,38). The molecule has 1 N–H and O–H groups in total. The Hall–Kier alpha value is -4.25. The number of rotatable bonds is 12. The minimum atomic E-state index is -4.11. The van der Waals surface area contributed by atoms with E-state index in [0.717, 1.165) is 24.2 Å². The maximum Gasteiger partial charge on any atom is 0.338 e. The summed E-state index contributed by atoms with van der Waals surface area (Å²) in [5.41, 5.74) is 2.93. The third kappa shape index (κ3) is 7.27. The molecule has 8 nitrogen and oxygen atoms in total. The number of halogens is 1. The molecule has 0 aliphatic carbocycles. The quantitative estimate of drug-likeness (QED) is 0.144. The first-order valence-corrected chi connectivity index (χ1v) is 16.8. The molecule has 226 valence electrons. The second-order valence-electron chi connectivity index (χ2n) is 10.0. The van der Waals surface area contributed by atoms with Crippen LogP contribution in [-0.2, 0) is 34.3 Å². The Bertz CT molecular complexity index is 1850. The Morgan fingerprint density at radius 3 is 2.25 bits per heavy atom. The van der Waals surface area contributed by atoms with E-state index < -0.39 is 21.9 Å². The molecule has 3 aromatic carbocycles. The van der Waals surface area contributed by atoms with Gasteiger partial charge in [-0.25, -0.2) is 22.9 Å². The zero-order chi connectivity index (χ0) is 31.1. The molecule has 5 rings (SSSR count). The topological polar surface area (TPSA) is 107 Å². The average molecular weight is 648 g/mol. The minimum absolute atomic E-state index is 0.0327. The van der Waals surface area contributed by atoms with Gasteiger partial charge in [0.15, 0.2) is 5.15 Å². The molecule has 0 bridgehead atoms. The molecule has 5 aromatic rings. The van der Waals surface area contributed by atoms with Crippen LogP contribution in [0.25, 0.3) is 10.4 Å². The number of unbranched alkanes of at least 4 members (excludes halogenated alkanes) is 1. The molecule has 0 unspecified atom stereocenters. The van der Waals surface area contributed by atoms with Gasteiger partial charge in [-0.3, -0.25) is 4.79 Å². The number of carbonyl (C=O) groups is 2. The third-order valence-corrected chi connectivity index (χ3v) is 9.71. The lowest BCUT2D eigenvalue weighted by Crippen LogP contribution is -2.30. The number of hydrogen-bond acceptors (Lipinski definition) is 7. The fourth-order valence-corrected chi connectivity index (χ4v) is 7.33. The van der Waals surface area contributed by atoms with Crippen molar-refractivity contribution in [1.82, 2.24) is 14.3 Å². The summed E-state index contributed by atoms with van der Waals surface area (Å²) >= 11 is 7.82. The average Bonchev–Trinajstić information content (AvgIpc) is 3.65. The van der Waals surface area contributed by atoms with Crippen molar-refractivity contribution < 1.29 is 22.7 Å². The van der Waals surface area contributed by atoms with Crippen molar-refractivity contribution in [1.29, 1.82) is 0 Å². The van der Waals surface area contributed by atoms with Crippen molar-refractivity contribution >= 4 is 44.8 Å². The molecule has 2 heterocycles. The number of amides is 1. The highest BCUT2D eigenvalue weighted by Crippen LogP contribution is 2.33. The Kier molecular flexibility index (Phi) is 9.94. The zero-order valence-corrected chi connectivity index (χ0v) is 26.3. The zero-order valence-electron chi connectivity index (χ0n) is 23.9. The van der Waals surface area contributed by atoms with Gasteiger partial charge in [0.2, 0.25) is 0 Å². The van der Waals surface area contributed by atoms with E-state index >= 15 is 0 Å². The molecule has 0 fully saturated rings. The van der Waals surface area contributed by atoms with Crippen molar-refractivity contribution in [3.8, 4) is 10.4 Å². The van der Waals surface area contributed by atoms with Crippen molar-refractivity contribution in [3.05, 3.63) is 130 Å². The van der Waals surface area contributed by atoms with Gasteiger partial charge >= 0.3 is 5.97 Å². The number of nitrogens with zero attached hydrogens (tertiary/aromatic N) is 2. The van der Waals surface area contributed by atoms with Gasteiger partial charge in [0.1, 0.15) is 17.3 Å². The van der Waals surface area contributed by atoms with E-state index in [1.54, 1.807) is 60.0 Å². The van der Waals surface area contributed by atoms with Crippen LogP contribution in [0.15, 0.2) is 101 Å². The molecule has 0 radical (unpaired) electrons. The second-order valence-corrected chi connectivity index (χ2v) is 12.9. The molecule has 0 saturated heterocycles. The van der Waals surface area contributed by atoms with Crippen molar-refractivity contribution in [2.75, 3.05) is 0 Å². The summed E-state index contributed by atoms with van der Waals surface area (Å²) < 4.78 is 36.1. The molecule has 0 atom stereocenters. The Balaban J connectivity index is 1.35. The van der Waals surface area contributed by atoms with Crippen molar-refractivity contribution in [3.63, 3.8) is 0 Å². The van der Waals surface area contributed by atoms with Gasteiger partial charge in [0.05, 0.1) is 16.1 Å². The minimum Gasteiger partial charge on any atom is -0.456 e. The first kappa shape index (κ1) is 31.2. The number of carbonyl (C=O) groups excluding carboxylic acids is 2. The van der Waals surface area contributed by atoms with Gasteiger partial charge in [-0.2, -0.15) is 0 Å². The number of aromatic nitrogens is 2. The SMILES string of the molecule is CCCCc1nc(Cl)c(COC(=O)c2ccccc2)n1Cc1ccc(-c2sccc2S(=O)(=O)NC(=O)c2ccccc2)cc1. The van der Waals surface area contributed by atoms with E-state index in [2.05, 4.69) is 16.6 Å². The molecule has 0 saturated carbocycles. The maximum absolute atomic E-state index is 13.2. The number of esters is 1. The summed E-state index contributed by atoms with van der Waals surface area (Å²) in [5, 5.41) is 1.97. The first-order valence-electron chi connectivity index (χ1n) is 14.0. The van der Waals surface area contributed by atoms with Crippen LogP contribution in [0.1, 0.15) is 57.6 Å². The number of thiophene rings is 1. The molecule has 11 heteroatoms. The van der Waals surface area contributed by atoms with Crippen LogP contribution in [0, 0.1) is 0 Å². The van der Waals surface area contributed by atoms with Crippen LogP contribution < -0.4 is 4.72 Å². The van der Waals surface area contributed by atoms with Crippen LogP contribution in [-0.4, -0.2) is 29.8 Å². The number of ether oxygens (including phenoxy) is 1. The lowest BCUT2D eigenvalue weighted by atomic mass is 10.1. The van der Waals surface area contributed by atoms with E-state index in [9.17, 15) is 18.0 Å².